The zero-order valence-electron chi connectivity index (χ0n) is 22.3. The summed E-state index contributed by atoms with van der Waals surface area (Å²) in [6, 6.07) is 10.4. The molecule has 8 nitrogen and oxygen atoms in total. The number of likely N-dealkylation sites (N-methyl/N-ethyl adjacent to an activating group) is 1. The fourth-order valence-electron chi connectivity index (χ4n) is 3.85. The average Bonchev–Trinajstić information content (AvgIpc) is 3.31. The van der Waals surface area contributed by atoms with Crippen LogP contribution in [-0.2, 0) is 11.2 Å². The summed E-state index contributed by atoms with van der Waals surface area (Å²) in [6.07, 6.45) is 4.60. The van der Waals surface area contributed by atoms with Gasteiger partial charge in [0, 0.05) is 55.4 Å². The maximum Gasteiger partial charge on any atom is 2.00 e. The number of nitrogens with one attached hydrogen (secondary N) is 1. The van der Waals surface area contributed by atoms with Crippen LogP contribution >= 0.6 is 0 Å². The van der Waals surface area contributed by atoms with Crippen molar-refractivity contribution in [1.29, 1.82) is 0 Å². The van der Waals surface area contributed by atoms with Gasteiger partial charge in [0.1, 0.15) is 0 Å². The van der Waals surface area contributed by atoms with Crippen LogP contribution in [0.4, 0.5) is 0 Å². The number of hydrogen-bond donors (Lipinski definition) is 1. The molecule has 0 radical (unpaired) electrons. The third-order valence-corrected chi connectivity index (χ3v) is 5.99. The molecule has 0 spiro atoms. The summed E-state index contributed by atoms with van der Waals surface area (Å²) in [7, 11) is 3.64. The summed E-state index contributed by atoms with van der Waals surface area (Å²) in [5, 5.41) is 7.44. The summed E-state index contributed by atoms with van der Waals surface area (Å²) < 4.78 is 6.95. The van der Waals surface area contributed by atoms with Crippen molar-refractivity contribution in [2.45, 2.75) is 19.8 Å². The molecule has 0 atom stereocenters. The Morgan fingerprint density at radius 1 is 1.24 bits per heavy atom. The summed E-state index contributed by atoms with van der Waals surface area (Å²) in [4.78, 5) is 29.5. The third kappa shape index (κ3) is 8.46. The van der Waals surface area contributed by atoms with Crippen LogP contribution in [0.15, 0.2) is 55.1 Å². The Labute approximate surface area is 244 Å². The Balaban J connectivity index is 0.00000342. The first kappa shape index (κ1) is 32.4. The number of ether oxygens (including phenoxy) is 1. The number of carbonyl (C=O) groups is 2. The van der Waals surface area contributed by atoms with Gasteiger partial charge in [0.25, 0.3) is 5.91 Å². The van der Waals surface area contributed by atoms with E-state index in [1.165, 1.54) is 0 Å². The van der Waals surface area contributed by atoms with Crippen molar-refractivity contribution in [3.8, 4) is 5.75 Å². The number of allylic oxidation sites excluding steroid dienone is 2. The number of carbonyl (C=O) groups excluding carboxylic acids is 2. The van der Waals surface area contributed by atoms with E-state index < -0.39 is 0 Å². The first-order valence-corrected chi connectivity index (χ1v) is 11.8. The van der Waals surface area contributed by atoms with Crippen molar-refractivity contribution in [2.24, 2.45) is 0 Å². The van der Waals surface area contributed by atoms with Crippen LogP contribution in [0.5, 0.6) is 5.75 Å². The quantitative estimate of drug-likeness (QED) is 0.231. The Morgan fingerprint density at radius 3 is 2.51 bits per heavy atom. The monoisotopic (exact) mass is 729 g/mol. The van der Waals surface area contributed by atoms with Crippen LogP contribution in [0.1, 0.15) is 35.1 Å². The molecular weight excluding hydrogens is 692 g/mol. The molecule has 9 heteroatoms. The molecule has 1 aliphatic rings. The average molecular weight is 730 g/mol. The van der Waals surface area contributed by atoms with Crippen molar-refractivity contribution < 1.29 is 45.4 Å². The molecule has 1 fully saturated rings. The molecule has 1 N–H and O–H groups in total. The molecule has 2 heterocycles. The Morgan fingerprint density at radius 2 is 1.95 bits per heavy atom. The minimum atomic E-state index is -0.294. The fourth-order valence-corrected chi connectivity index (χ4v) is 3.85. The van der Waals surface area contributed by atoms with Gasteiger partial charge in [-0.25, -0.2) is 4.68 Å². The van der Waals surface area contributed by atoms with E-state index in [-0.39, 0.29) is 50.4 Å². The van der Waals surface area contributed by atoms with Crippen molar-refractivity contribution >= 4 is 17.5 Å². The topological polar surface area (TPSA) is 79.7 Å². The number of rotatable bonds is 10. The number of benzene rings is 1. The number of aryl methyl sites for hydroxylation is 1. The predicted octanol–water partition coefficient (Wildman–Crippen LogP) is 3.23. The van der Waals surface area contributed by atoms with Gasteiger partial charge in [-0.15, -0.1) is 17.7 Å². The molecule has 0 unspecified atom stereocenters. The molecule has 0 aliphatic carbocycles. The van der Waals surface area contributed by atoms with E-state index in [0.717, 1.165) is 30.0 Å². The second kappa shape index (κ2) is 15.6. The van der Waals surface area contributed by atoms with Gasteiger partial charge in [0.2, 0.25) is 5.91 Å². The zero-order valence-corrected chi connectivity index (χ0v) is 26.5. The molecule has 0 saturated carbocycles. The molecular formula is C28H37N5O3U. The molecule has 2 amide bonds. The molecule has 3 rings (SSSR count). The number of hydrogen-bond acceptors (Lipinski definition) is 5. The molecule has 196 valence electrons. The molecule has 1 saturated heterocycles. The van der Waals surface area contributed by atoms with Gasteiger partial charge in [0.15, 0.2) is 5.69 Å². The van der Waals surface area contributed by atoms with Crippen molar-refractivity contribution in [2.75, 3.05) is 46.9 Å². The molecule has 37 heavy (non-hydrogen) atoms. The van der Waals surface area contributed by atoms with Gasteiger partial charge >= 0.3 is 31.1 Å². The number of aromatic nitrogens is 2. The molecule has 2 aromatic rings. The van der Waals surface area contributed by atoms with Crippen molar-refractivity contribution in [3.05, 3.63) is 85.6 Å². The van der Waals surface area contributed by atoms with E-state index in [1.54, 1.807) is 23.9 Å². The standard InChI is InChI=1S/C27H34N5O3.CH3.U/c1-6-8-25(21-9-11-23(35-5)12-10-21)32-22(7-2)19-24(29-32)26(33)28-14-13-20(3)27(34)31-17-15-30(4)16-18-31;;/h6,8-11,19H,1,3,7,13-18H2,2,4-5H3,(H,28,33);1H3;/q2*-1;+2/b25-8-;;. The van der Waals surface area contributed by atoms with Crippen LogP contribution in [0.3, 0.4) is 0 Å². The largest absolute Gasteiger partial charge is 2.00 e. The first-order valence-electron chi connectivity index (χ1n) is 11.8. The maximum atomic E-state index is 12.8. The van der Waals surface area contributed by atoms with Gasteiger partial charge < -0.3 is 27.3 Å². The summed E-state index contributed by atoms with van der Waals surface area (Å²) in [5.41, 5.74) is 3.34. The number of piperazine rings is 1. The normalized spacial score (nSPS) is 13.7. The van der Waals surface area contributed by atoms with E-state index in [4.69, 9.17) is 4.74 Å². The number of amides is 2. The van der Waals surface area contributed by atoms with E-state index in [1.807, 2.05) is 43.1 Å². The van der Waals surface area contributed by atoms with Crippen LogP contribution in [0, 0.1) is 44.6 Å². The second-order valence-corrected chi connectivity index (χ2v) is 8.42. The first-order chi connectivity index (χ1) is 16.9. The second-order valence-electron chi connectivity index (χ2n) is 8.42. The summed E-state index contributed by atoms with van der Waals surface area (Å²) >= 11 is 0. The summed E-state index contributed by atoms with van der Waals surface area (Å²) in [5.74, 6) is 0.300. The molecule has 1 aromatic carbocycles. The molecule has 1 aliphatic heterocycles. The Hall–Kier alpha value is -2.60. The number of nitrogens with zero attached hydrogens (tertiary/aromatic N) is 4. The Kier molecular flexibility index (Phi) is 13.7. The van der Waals surface area contributed by atoms with Gasteiger partial charge in [-0.05, 0) is 32.0 Å². The van der Waals surface area contributed by atoms with Gasteiger partial charge in [-0.3, -0.25) is 9.59 Å². The van der Waals surface area contributed by atoms with Gasteiger partial charge in [-0.2, -0.15) is 17.2 Å². The minimum Gasteiger partial charge on any atom is -0.523 e. The van der Waals surface area contributed by atoms with E-state index in [9.17, 15) is 9.59 Å². The smallest absolute Gasteiger partial charge is 0.523 e. The van der Waals surface area contributed by atoms with Crippen LogP contribution in [0.2, 0.25) is 0 Å². The Bertz CT molecular complexity index is 1100. The minimum absolute atomic E-state index is 0. The van der Waals surface area contributed by atoms with E-state index in [2.05, 4.69) is 34.5 Å². The van der Waals surface area contributed by atoms with Crippen molar-refractivity contribution in [1.82, 2.24) is 24.9 Å². The predicted molar refractivity (Wildman–Crippen MR) is 144 cm³/mol. The van der Waals surface area contributed by atoms with Crippen LogP contribution in [-0.4, -0.2) is 78.3 Å². The summed E-state index contributed by atoms with van der Waals surface area (Å²) in [6.45, 7) is 13.2. The van der Waals surface area contributed by atoms with Crippen molar-refractivity contribution in [3.63, 3.8) is 0 Å². The van der Waals surface area contributed by atoms with Gasteiger partial charge in [0.05, 0.1) is 7.11 Å². The van der Waals surface area contributed by atoms with Gasteiger partial charge in [-0.1, -0.05) is 26.2 Å². The molecule has 1 aromatic heterocycles. The third-order valence-electron chi connectivity index (χ3n) is 5.99. The number of methoxy groups -OCH3 is 1. The SMILES string of the molecule is C=C/C=C(/c1c[c-]c(OC)cc1)n1nc(C(=O)NCCC(=C)C(=O)N2CCN(C)CC2)cc1CC.[CH3-].[U+2]. The van der Waals surface area contributed by atoms with Crippen LogP contribution in [0.25, 0.3) is 5.70 Å². The van der Waals surface area contributed by atoms with Crippen LogP contribution < -0.4 is 10.1 Å². The van der Waals surface area contributed by atoms with E-state index in [0.29, 0.717) is 49.5 Å². The fraction of sp³-hybridized carbons (Fsp3) is 0.357. The molecule has 0 bridgehead atoms. The maximum absolute atomic E-state index is 12.8. The van der Waals surface area contributed by atoms with E-state index >= 15 is 0 Å². The zero-order chi connectivity index (χ0) is 25.4.